The van der Waals surface area contributed by atoms with Gasteiger partial charge in [-0.2, -0.15) is 0 Å². The van der Waals surface area contributed by atoms with E-state index in [0.717, 1.165) is 42.9 Å². The Morgan fingerprint density at radius 2 is 1.97 bits per heavy atom. The normalized spacial score (nSPS) is 29.9. The van der Waals surface area contributed by atoms with E-state index in [9.17, 15) is 4.79 Å². The SMILES string of the molecule is COc1cc2c(cc1CNC1CC(C)CNC1c1ccccc1)N(C)C(=O)C1CC21. The van der Waals surface area contributed by atoms with Crippen LogP contribution < -0.4 is 20.3 Å². The number of nitrogens with one attached hydrogen (secondary N) is 2. The lowest BCUT2D eigenvalue weighted by atomic mass is 9.87. The molecule has 2 fully saturated rings. The smallest absolute Gasteiger partial charge is 0.230 e. The van der Waals surface area contributed by atoms with E-state index in [1.165, 1.54) is 11.1 Å². The van der Waals surface area contributed by atoms with E-state index in [4.69, 9.17) is 4.74 Å². The van der Waals surface area contributed by atoms with Crippen molar-refractivity contribution in [2.24, 2.45) is 11.8 Å². The third-order valence-electron chi connectivity index (χ3n) is 7.09. The Morgan fingerprint density at radius 1 is 1.17 bits per heavy atom. The third kappa shape index (κ3) is 3.40. The average Bonchev–Trinajstić information content (AvgIpc) is 3.57. The quantitative estimate of drug-likeness (QED) is 0.798. The Bertz CT molecular complexity index is 945. The largest absolute Gasteiger partial charge is 0.496 e. The summed E-state index contributed by atoms with van der Waals surface area (Å²) in [5, 5.41) is 7.53. The maximum absolute atomic E-state index is 12.5. The first kappa shape index (κ1) is 19.6. The second-order valence-corrected chi connectivity index (χ2v) is 9.19. The van der Waals surface area contributed by atoms with Crippen LogP contribution in [0, 0.1) is 11.8 Å². The van der Waals surface area contributed by atoms with E-state index in [1.807, 2.05) is 11.9 Å². The molecule has 5 unspecified atom stereocenters. The highest BCUT2D eigenvalue weighted by atomic mass is 16.5. The molecule has 5 nitrogen and oxygen atoms in total. The van der Waals surface area contributed by atoms with Crippen LogP contribution in [0.15, 0.2) is 42.5 Å². The molecule has 1 aliphatic carbocycles. The Labute approximate surface area is 178 Å². The molecule has 5 rings (SSSR count). The predicted molar refractivity (Wildman–Crippen MR) is 119 cm³/mol. The van der Waals surface area contributed by atoms with Crippen molar-refractivity contribution in [3.63, 3.8) is 0 Å². The first-order chi connectivity index (χ1) is 14.6. The summed E-state index contributed by atoms with van der Waals surface area (Å²) >= 11 is 0. The zero-order chi connectivity index (χ0) is 20.8. The number of amides is 1. The summed E-state index contributed by atoms with van der Waals surface area (Å²) in [5.41, 5.74) is 4.74. The Kier molecular flexibility index (Phi) is 5.03. The molecule has 5 atom stereocenters. The van der Waals surface area contributed by atoms with Gasteiger partial charge in [-0.25, -0.2) is 0 Å². The van der Waals surface area contributed by atoms with E-state index in [-0.39, 0.29) is 11.8 Å². The number of ether oxygens (including phenoxy) is 1. The number of piperidine rings is 1. The lowest BCUT2D eigenvalue weighted by molar-refractivity contribution is -0.119. The van der Waals surface area contributed by atoms with E-state index < -0.39 is 0 Å². The van der Waals surface area contributed by atoms with Crippen LogP contribution in [-0.4, -0.2) is 32.7 Å². The van der Waals surface area contributed by atoms with Crippen LogP contribution in [0.4, 0.5) is 5.69 Å². The number of rotatable bonds is 5. The fraction of sp³-hybridized carbons (Fsp3) is 0.480. The van der Waals surface area contributed by atoms with Crippen molar-refractivity contribution in [3.05, 3.63) is 59.2 Å². The number of methoxy groups -OCH3 is 1. The highest BCUT2D eigenvalue weighted by Gasteiger charge is 2.50. The molecule has 5 heteroatoms. The lowest BCUT2D eigenvalue weighted by Crippen LogP contribution is -2.48. The predicted octanol–water partition coefficient (Wildman–Crippen LogP) is 3.60. The minimum Gasteiger partial charge on any atom is -0.496 e. The molecule has 2 aromatic rings. The first-order valence-corrected chi connectivity index (χ1v) is 11.1. The molecular formula is C25H31N3O2. The van der Waals surface area contributed by atoms with Crippen molar-refractivity contribution < 1.29 is 9.53 Å². The number of fused-ring (bicyclic) bond motifs is 3. The lowest BCUT2D eigenvalue weighted by Gasteiger charge is -2.37. The standard InChI is InChI=1S/C25H31N3O2/c1-15-9-21(24(27-13-15)16-7-5-4-6-8-16)26-14-17-10-22-19(12-23(17)30-3)18-11-20(18)25(29)28(22)2/h4-8,10,12,15,18,20-21,24,26-27H,9,11,13-14H2,1-3H3. The van der Waals surface area contributed by atoms with Gasteiger partial charge in [0.25, 0.3) is 0 Å². The molecular weight excluding hydrogens is 374 g/mol. The fourth-order valence-corrected chi connectivity index (χ4v) is 5.30. The number of hydrogen-bond donors (Lipinski definition) is 2. The van der Waals surface area contributed by atoms with Crippen LogP contribution in [-0.2, 0) is 11.3 Å². The third-order valence-corrected chi connectivity index (χ3v) is 7.09. The van der Waals surface area contributed by atoms with Crippen molar-refractivity contribution in [2.45, 2.75) is 44.3 Å². The molecule has 158 valence electrons. The maximum Gasteiger partial charge on any atom is 0.230 e. The van der Waals surface area contributed by atoms with Crippen molar-refractivity contribution in [1.82, 2.24) is 10.6 Å². The van der Waals surface area contributed by atoms with Gasteiger partial charge < -0.3 is 20.3 Å². The van der Waals surface area contributed by atoms with Crippen LogP contribution in [0.5, 0.6) is 5.75 Å². The molecule has 0 spiro atoms. The Balaban J connectivity index is 1.39. The Morgan fingerprint density at radius 3 is 2.73 bits per heavy atom. The Hall–Kier alpha value is -2.37. The zero-order valence-corrected chi connectivity index (χ0v) is 18.0. The molecule has 1 saturated heterocycles. The number of nitrogens with zero attached hydrogens (tertiary/aromatic N) is 1. The topological polar surface area (TPSA) is 53.6 Å². The summed E-state index contributed by atoms with van der Waals surface area (Å²) in [6.07, 6.45) is 2.10. The number of benzene rings is 2. The molecule has 2 heterocycles. The van der Waals surface area contributed by atoms with Crippen LogP contribution in [0.2, 0.25) is 0 Å². The first-order valence-electron chi connectivity index (χ1n) is 11.1. The van der Waals surface area contributed by atoms with Crippen molar-refractivity contribution in [1.29, 1.82) is 0 Å². The molecule has 0 aromatic heterocycles. The monoisotopic (exact) mass is 405 g/mol. The summed E-state index contributed by atoms with van der Waals surface area (Å²) in [5.74, 6) is 2.36. The van der Waals surface area contributed by atoms with Gasteiger partial charge in [-0.15, -0.1) is 0 Å². The van der Waals surface area contributed by atoms with Gasteiger partial charge in [-0.3, -0.25) is 4.79 Å². The van der Waals surface area contributed by atoms with Gasteiger partial charge in [0.15, 0.2) is 0 Å². The maximum atomic E-state index is 12.5. The number of anilines is 1. The highest BCUT2D eigenvalue weighted by Crippen LogP contribution is 2.56. The van der Waals surface area contributed by atoms with E-state index in [1.54, 1.807) is 7.11 Å². The second-order valence-electron chi connectivity index (χ2n) is 9.19. The molecule has 2 N–H and O–H groups in total. The summed E-state index contributed by atoms with van der Waals surface area (Å²) in [6, 6.07) is 15.6. The molecule has 3 aliphatic rings. The van der Waals surface area contributed by atoms with Crippen molar-refractivity contribution in [2.75, 3.05) is 25.6 Å². The number of carbonyl (C=O) groups is 1. The summed E-state index contributed by atoms with van der Waals surface area (Å²) in [6.45, 7) is 4.05. The van der Waals surface area contributed by atoms with E-state index in [0.29, 0.717) is 23.9 Å². The molecule has 2 aromatic carbocycles. The minimum absolute atomic E-state index is 0.178. The van der Waals surface area contributed by atoms with E-state index in [2.05, 4.69) is 60.0 Å². The van der Waals surface area contributed by atoms with Crippen molar-refractivity contribution >= 4 is 11.6 Å². The van der Waals surface area contributed by atoms with Crippen LogP contribution in [0.25, 0.3) is 0 Å². The van der Waals surface area contributed by atoms with Gasteiger partial charge in [0, 0.05) is 42.8 Å². The number of carbonyl (C=O) groups excluding carboxylic acids is 1. The van der Waals surface area contributed by atoms with Gasteiger partial charge in [0.05, 0.1) is 7.11 Å². The fourth-order valence-electron chi connectivity index (χ4n) is 5.30. The summed E-state index contributed by atoms with van der Waals surface area (Å²) < 4.78 is 5.75. The molecule has 1 amide bonds. The number of hydrogen-bond acceptors (Lipinski definition) is 4. The van der Waals surface area contributed by atoms with Crippen LogP contribution in [0.3, 0.4) is 0 Å². The van der Waals surface area contributed by atoms with Gasteiger partial charge >= 0.3 is 0 Å². The van der Waals surface area contributed by atoms with Crippen molar-refractivity contribution in [3.8, 4) is 5.75 Å². The molecule has 2 aliphatic heterocycles. The van der Waals surface area contributed by atoms with Gasteiger partial charge in [-0.1, -0.05) is 37.3 Å². The van der Waals surface area contributed by atoms with Crippen LogP contribution in [0.1, 0.15) is 48.4 Å². The highest BCUT2D eigenvalue weighted by molar-refractivity contribution is 6.01. The summed E-state index contributed by atoms with van der Waals surface area (Å²) in [4.78, 5) is 14.3. The molecule has 30 heavy (non-hydrogen) atoms. The van der Waals surface area contributed by atoms with Gasteiger partial charge in [0.2, 0.25) is 5.91 Å². The van der Waals surface area contributed by atoms with Gasteiger partial charge in [-0.05, 0) is 54.5 Å². The molecule has 0 radical (unpaired) electrons. The van der Waals surface area contributed by atoms with Crippen LogP contribution >= 0.6 is 0 Å². The molecule has 1 saturated carbocycles. The minimum atomic E-state index is 0.178. The summed E-state index contributed by atoms with van der Waals surface area (Å²) in [7, 11) is 3.64. The van der Waals surface area contributed by atoms with E-state index >= 15 is 0 Å². The average molecular weight is 406 g/mol. The zero-order valence-electron chi connectivity index (χ0n) is 18.0. The van der Waals surface area contributed by atoms with Gasteiger partial charge in [0.1, 0.15) is 5.75 Å². The molecule has 0 bridgehead atoms. The second kappa shape index (κ2) is 7.71.